The van der Waals surface area contributed by atoms with Crippen LogP contribution in [0.3, 0.4) is 0 Å². The summed E-state index contributed by atoms with van der Waals surface area (Å²) in [7, 11) is 1.44. The first-order valence-electron chi connectivity index (χ1n) is 42.2. The van der Waals surface area contributed by atoms with Gasteiger partial charge in [-0.2, -0.15) is 0 Å². The monoisotopic (exact) mass is 1460 g/mol. The smallest absolute Gasteiger partial charge is 0.462 e. The van der Waals surface area contributed by atoms with Gasteiger partial charge in [-0.3, -0.25) is 18.6 Å². The third-order valence-electron chi connectivity index (χ3n) is 17.6. The normalized spacial score (nSPS) is 14.0. The zero-order valence-corrected chi connectivity index (χ0v) is 68.3. The van der Waals surface area contributed by atoms with Gasteiger partial charge in [-0.05, 0) is 141 Å². The lowest BCUT2D eigenvalue weighted by molar-refractivity contribution is -0.870. The molecule has 0 saturated carbocycles. The largest absolute Gasteiger partial charge is 0.472 e. The number of unbranched alkanes of at least 4 members (excludes halogenated alkanes) is 30. The highest BCUT2D eigenvalue weighted by molar-refractivity contribution is 7.47. The van der Waals surface area contributed by atoms with Gasteiger partial charge in [-0.15, -0.1) is 0 Å². The van der Waals surface area contributed by atoms with E-state index >= 15 is 0 Å². The lowest BCUT2D eigenvalue weighted by Crippen LogP contribution is -2.37. The molecule has 10 heteroatoms. The number of rotatable bonds is 76. The van der Waals surface area contributed by atoms with Crippen molar-refractivity contribution < 1.29 is 42.1 Å². The number of carbonyl (C=O) groups is 2. The molecule has 0 bridgehead atoms. The summed E-state index contributed by atoms with van der Waals surface area (Å²) >= 11 is 0. The van der Waals surface area contributed by atoms with Gasteiger partial charge in [-0.25, -0.2) is 4.57 Å². The van der Waals surface area contributed by atoms with Crippen molar-refractivity contribution in [3.63, 3.8) is 0 Å². The lowest BCUT2D eigenvalue weighted by Gasteiger charge is -2.24. The number of nitrogens with zero attached hydrogens (tertiary/aromatic N) is 1. The number of likely N-dealkylation sites (N-methyl/N-ethyl adjacent to an activating group) is 1. The van der Waals surface area contributed by atoms with E-state index in [0.717, 1.165) is 135 Å². The number of allylic oxidation sites excluding steroid dienone is 32. The molecule has 0 aromatic heterocycles. The summed E-state index contributed by atoms with van der Waals surface area (Å²) in [5.41, 5.74) is 0. The van der Waals surface area contributed by atoms with Crippen LogP contribution < -0.4 is 0 Å². The fourth-order valence-corrected chi connectivity index (χ4v) is 12.0. The van der Waals surface area contributed by atoms with E-state index in [-0.39, 0.29) is 32.0 Å². The molecule has 0 aromatic rings. The Bertz CT molecular complexity index is 2470. The quantitative estimate of drug-likeness (QED) is 0.0211. The molecule has 1 N–H and O–H groups in total. The second-order valence-corrected chi connectivity index (χ2v) is 30.2. The van der Waals surface area contributed by atoms with Crippen LogP contribution in [0.4, 0.5) is 0 Å². The third kappa shape index (κ3) is 85.8. The van der Waals surface area contributed by atoms with Crippen LogP contribution in [0, 0.1) is 0 Å². The number of hydrogen-bond acceptors (Lipinski definition) is 7. The molecule has 104 heavy (non-hydrogen) atoms. The van der Waals surface area contributed by atoms with Crippen LogP contribution in [-0.2, 0) is 32.7 Å². The van der Waals surface area contributed by atoms with Gasteiger partial charge in [0.05, 0.1) is 27.7 Å². The maximum absolute atomic E-state index is 12.9. The maximum Gasteiger partial charge on any atom is 0.472 e. The molecule has 0 fully saturated rings. The van der Waals surface area contributed by atoms with Gasteiger partial charge in [0.2, 0.25) is 0 Å². The minimum Gasteiger partial charge on any atom is -0.462 e. The molecule has 0 radical (unpaired) electrons. The molecular weight excluding hydrogens is 1300 g/mol. The molecule has 0 aliphatic heterocycles. The topological polar surface area (TPSA) is 108 Å². The average molecular weight is 1460 g/mol. The van der Waals surface area contributed by atoms with E-state index in [1.54, 1.807) is 0 Å². The highest BCUT2D eigenvalue weighted by Crippen LogP contribution is 2.43. The van der Waals surface area contributed by atoms with Crippen molar-refractivity contribution in [2.75, 3.05) is 47.5 Å². The number of quaternary nitrogens is 1. The van der Waals surface area contributed by atoms with Gasteiger partial charge < -0.3 is 18.9 Å². The molecule has 9 nitrogen and oxygen atoms in total. The van der Waals surface area contributed by atoms with Crippen LogP contribution in [0.5, 0.6) is 0 Å². The minimum absolute atomic E-state index is 0.0153. The highest BCUT2D eigenvalue weighted by Gasteiger charge is 2.27. The van der Waals surface area contributed by atoms with Crippen molar-refractivity contribution in [3.05, 3.63) is 194 Å². The Morgan fingerprint density at radius 2 is 0.519 bits per heavy atom. The van der Waals surface area contributed by atoms with Crippen LogP contribution in [0.15, 0.2) is 194 Å². The van der Waals surface area contributed by atoms with Crippen LogP contribution in [-0.4, -0.2) is 74.9 Å². The maximum atomic E-state index is 12.9. The van der Waals surface area contributed by atoms with Crippen molar-refractivity contribution in [2.24, 2.45) is 0 Å². The number of phosphoric acid groups is 1. The van der Waals surface area contributed by atoms with Crippen molar-refractivity contribution in [1.29, 1.82) is 0 Å². The molecule has 0 aliphatic rings. The van der Waals surface area contributed by atoms with E-state index in [1.807, 2.05) is 21.1 Å². The summed E-state index contributed by atoms with van der Waals surface area (Å²) in [6.07, 6.45) is 127. The lowest BCUT2D eigenvalue weighted by atomic mass is 10.0. The standard InChI is InChI=1S/C94H156NO8P/c1-6-8-10-12-14-16-18-20-22-24-26-28-30-32-34-36-38-40-42-44-46-47-49-50-52-54-56-58-60-62-64-66-68-70-72-74-76-78-80-82-84-86-93(96)100-90-92(91-102-104(98,99)101-89-88-95(3,4)5)103-94(97)87-85-83-81-79-77-75-73-71-69-67-65-63-61-59-57-55-53-51-48-45-43-41-39-37-35-33-31-29-27-25-23-21-19-17-15-13-11-9-7-2/h8-11,14-17,20-23,26-29,33,35,39,41,45,48,53,55,59,61,65,67,71,73,77,79,92H,6-7,12-13,18-19,24-25,30-32,34,36-38,40,42-44,46-47,49-52,54,56-58,60,62-64,66,68-70,72,74-76,78,80-91H2,1-5H3/p+1/b10-8-,11-9-,16-14-,17-15-,22-20-,23-21-,28-26-,29-27-,35-33-,41-39-,48-45-,55-53-,61-59-,67-65-,73-71-,79-77-. The SMILES string of the molecule is CC/C=C\C/C=C\C/C=C\C/C=C\C/C=C\C/C=C\C/C=C\C/C=C\C/C=C\C/C=C\C/C=C\C/C=C\CCCCC(=O)OC(COC(=O)CCCCCCCCCCCCCCCCCCCCCCCCCCCCCC/C=C\C/C=C\C/C=C\C/C=C\CC)COP(=O)(O)OCC[N+](C)(C)C. The average Bonchev–Trinajstić information content (AvgIpc) is 0.915. The first-order chi connectivity index (χ1) is 51.0. The predicted molar refractivity (Wildman–Crippen MR) is 454 cm³/mol. The molecule has 0 spiro atoms. The molecule has 0 aliphatic carbocycles. The summed E-state index contributed by atoms with van der Waals surface area (Å²) < 4.78 is 34.8. The Morgan fingerprint density at radius 1 is 0.298 bits per heavy atom. The second kappa shape index (κ2) is 81.9. The van der Waals surface area contributed by atoms with E-state index in [0.29, 0.717) is 17.4 Å². The fraction of sp³-hybridized carbons (Fsp3) is 0.638. The van der Waals surface area contributed by atoms with E-state index in [2.05, 4.69) is 208 Å². The Labute approximate surface area is 641 Å². The second-order valence-electron chi connectivity index (χ2n) is 28.7. The van der Waals surface area contributed by atoms with Gasteiger partial charge in [0.15, 0.2) is 6.10 Å². The summed E-state index contributed by atoms with van der Waals surface area (Å²) in [6, 6.07) is 0. The Hall–Kier alpha value is -5.15. The molecule has 0 rings (SSSR count). The predicted octanol–water partition coefficient (Wildman–Crippen LogP) is 28.7. The molecule has 2 atom stereocenters. The van der Waals surface area contributed by atoms with Crippen molar-refractivity contribution >= 4 is 19.8 Å². The van der Waals surface area contributed by atoms with E-state index in [9.17, 15) is 19.0 Å². The van der Waals surface area contributed by atoms with Crippen molar-refractivity contribution in [2.45, 2.75) is 341 Å². The Morgan fingerprint density at radius 3 is 0.788 bits per heavy atom. The number of hydrogen-bond donors (Lipinski definition) is 1. The van der Waals surface area contributed by atoms with E-state index in [1.165, 1.54) is 167 Å². The zero-order valence-electron chi connectivity index (χ0n) is 67.4. The molecule has 2 unspecified atom stereocenters. The third-order valence-corrected chi connectivity index (χ3v) is 18.6. The number of carbonyl (C=O) groups excluding carboxylic acids is 2. The first-order valence-corrected chi connectivity index (χ1v) is 43.7. The Kier molecular flexibility index (Phi) is 77.9. The van der Waals surface area contributed by atoms with Gasteiger partial charge in [0.25, 0.3) is 0 Å². The molecule has 590 valence electrons. The molecule has 0 aromatic carbocycles. The van der Waals surface area contributed by atoms with Gasteiger partial charge in [0.1, 0.15) is 19.8 Å². The highest BCUT2D eigenvalue weighted by atomic mass is 31.2. The van der Waals surface area contributed by atoms with Crippen molar-refractivity contribution in [1.82, 2.24) is 0 Å². The zero-order chi connectivity index (χ0) is 75.4. The summed E-state index contributed by atoms with van der Waals surface area (Å²) in [4.78, 5) is 36.0. The first kappa shape index (κ1) is 98.8. The summed E-state index contributed by atoms with van der Waals surface area (Å²) in [6.45, 7) is 4.17. The molecule has 0 heterocycles. The van der Waals surface area contributed by atoms with Crippen LogP contribution >= 0.6 is 7.82 Å². The molecule has 0 saturated heterocycles. The number of ether oxygens (including phenoxy) is 2. The number of esters is 2. The van der Waals surface area contributed by atoms with Crippen LogP contribution in [0.25, 0.3) is 0 Å². The van der Waals surface area contributed by atoms with Gasteiger partial charge in [-0.1, -0.05) is 375 Å². The summed E-state index contributed by atoms with van der Waals surface area (Å²) in [5.74, 6) is -0.849. The number of phosphoric ester groups is 1. The summed E-state index contributed by atoms with van der Waals surface area (Å²) in [5, 5.41) is 0. The molecule has 0 amide bonds. The van der Waals surface area contributed by atoms with Crippen molar-refractivity contribution in [3.8, 4) is 0 Å². The van der Waals surface area contributed by atoms with Gasteiger partial charge >= 0.3 is 19.8 Å². The van der Waals surface area contributed by atoms with E-state index in [4.69, 9.17) is 18.5 Å². The minimum atomic E-state index is -4.42. The Balaban J connectivity index is 4.04. The van der Waals surface area contributed by atoms with Crippen LogP contribution in [0.1, 0.15) is 335 Å². The van der Waals surface area contributed by atoms with Crippen LogP contribution in [0.2, 0.25) is 0 Å². The fourth-order valence-electron chi connectivity index (χ4n) is 11.3. The van der Waals surface area contributed by atoms with Gasteiger partial charge in [0, 0.05) is 12.8 Å². The molecular formula is C94H157NO8P+. The van der Waals surface area contributed by atoms with E-state index < -0.39 is 26.5 Å².